The number of aryl methyl sites for hydroxylation is 1. The number of hydrogen-bond acceptors (Lipinski definition) is 4. The molecule has 4 heteroatoms. The molecule has 0 spiro atoms. The summed E-state index contributed by atoms with van der Waals surface area (Å²) in [6.07, 6.45) is 2.26. The quantitative estimate of drug-likeness (QED) is 0.359. The minimum absolute atomic E-state index is 0.258. The van der Waals surface area contributed by atoms with Gasteiger partial charge < -0.3 is 14.4 Å². The maximum atomic E-state index is 12.5. The van der Waals surface area contributed by atoms with Gasteiger partial charge in [0.1, 0.15) is 11.5 Å². The molecular formula is C27H27NO3. The second-order valence-corrected chi connectivity index (χ2v) is 8.42. The van der Waals surface area contributed by atoms with Crippen LogP contribution in [-0.4, -0.2) is 18.6 Å². The number of esters is 1. The molecule has 4 rings (SSSR count). The van der Waals surface area contributed by atoms with Crippen LogP contribution in [0.15, 0.2) is 72.8 Å². The van der Waals surface area contributed by atoms with E-state index < -0.39 is 5.97 Å². The number of fused-ring (bicyclic) bond motifs is 1. The van der Waals surface area contributed by atoms with E-state index >= 15 is 0 Å². The molecule has 4 nitrogen and oxygen atoms in total. The number of anilines is 2. The molecule has 0 N–H and O–H groups in total. The van der Waals surface area contributed by atoms with Crippen molar-refractivity contribution in [1.29, 1.82) is 0 Å². The Morgan fingerprint density at radius 3 is 2.32 bits per heavy atom. The molecule has 0 unspecified atom stereocenters. The first kappa shape index (κ1) is 20.7. The van der Waals surface area contributed by atoms with Gasteiger partial charge in [0.05, 0.1) is 23.9 Å². The number of para-hydroxylation sites is 1. The van der Waals surface area contributed by atoms with Crippen molar-refractivity contribution in [3.05, 3.63) is 89.5 Å². The Bertz CT molecular complexity index is 1160. The standard InChI is InChI=1S/C27H27NO3/c1-18-10-12-20(13-11-18)26(29)31-21-14-15-24(25(16-21)30-5)28-23-9-7-6-8-22(23)19(2)17-27(28,3)4/h6-17H,1-5H3. The second-order valence-electron chi connectivity index (χ2n) is 8.42. The van der Waals surface area contributed by atoms with E-state index in [1.54, 1.807) is 25.3 Å². The lowest BCUT2D eigenvalue weighted by Crippen LogP contribution is -2.41. The van der Waals surface area contributed by atoms with E-state index in [4.69, 9.17) is 9.47 Å². The van der Waals surface area contributed by atoms with Crippen molar-refractivity contribution in [1.82, 2.24) is 0 Å². The van der Waals surface area contributed by atoms with Crippen LogP contribution in [0.5, 0.6) is 11.5 Å². The van der Waals surface area contributed by atoms with Gasteiger partial charge in [-0.25, -0.2) is 4.79 Å². The van der Waals surface area contributed by atoms with E-state index in [9.17, 15) is 4.79 Å². The van der Waals surface area contributed by atoms with Gasteiger partial charge in [-0.3, -0.25) is 0 Å². The molecule has 0 saturated heterocycles. The minimum Gasteiger partial charge on any atom is -0.494 e. The highest BCUT2D eigenvalue weighted by molar-refractivity contribution is 5.91. The average molecular weight is 414 g/mol. The van der Waals surface area contributed by atoms with Gasteiger partial charge in [-0.15, -0.1) is 0 Å². The molecule has 3 aromatic carbocycles. The van der Waals surface area contributed by atoms with Crippen molar-refractivity contribution in [2.75, 3.05) is 12.0 Å². The number of rotatable bonds is 4. The summed E-state index contributed by atoms with van der Waals surface area (Å²) in [7, 11) is 1.63. The van der Waals surface area contributed by atoms with Gasteiger partial charge in [0.15, 0.2) is 0 Å². The van der Waals surface area contributed by atoms with Gasteiger partial charge >= 0.3 is 5.97 Å². The fraction of sp³-hybridized carbons (Fsp3) is 0.222. The van der Waals surface area contributed by atoms with E-state index in [1.807, 2.05) is 37.3 Å². The zero-order valence-corrected chi connectivity index (χ0v) is 18.6. The molecule has 0 aromatic heterocycles. The normalized spacial score (nSPS) is 14.5. The molecule has 1 aliphatic rings. The second kappa shape index (κ2) is 7.95. The predicted molar refractivity (Wildman–Crippen MR) is 125 cm³/mol. The Morgan fingerprint density at radius 1 is 0.903 bits per heavy atom. The summed E-state index contributed by atoms with van der Waals surface area (Å²) >= 11 is 0. The van der Waals surface area contributed by atoms with Crippen LogP contribution >= 0.6 is 0 Å². The van der Waals surface area contributed by atoms with Crippen molar-refractivity contribution >= 4 is 22.9 Å². The van der Waals surface area contributed by atoms with Crippen molar-refractivity contribution in [2.24, 2.45) is 0 Å². The minimum atomic E-state index is -0.392. The highest BCUT2D eigenvalue weighted by Gasteiger charge is 2.34. The van der Waals surface area contributed by atoms with E-state index in [2.05, 4.69) is 49.9 Å². The molecule has 0 aliphatic carbocycles. The van der Waals surface area contributed by atoms with Crippen molar-refractivity contribution in [2.45, 2.75) is 33.2 Å². The first-order chi connectivity index (χ1) is 14.8. The van der Waals surface area contributed by atoms with Crippen LogP contribution in [0, 0.1) is 6.92 Å². The summed E-state index contributed by atoms with van der Waals surface area (Å²) in [5, 5.41) is 0. The van der Waals surface area contributed by atoms with Crippen LogP contribution in [0.25, 0.3) is 5.57 Å². The van der Waals surface area contributed by atoms with E-state index in [0.29, 0.717) is 17.1 Å². The van der Waals surface area contributed by atoms with E-state index in [1.165, 1.54) is 11.1 Å². The largest absolute Gasteiger partial charge is 0.494 e. The molecule has 3 aromatic rings. The van der Waals surface area contributed by atoms with Gasteiger partial charge in [-0.1, -0.05) is 42.0 Å². The first-order valence-electron chi connectivity index (χ1n) is 10.4. The molecule has 158 valence electrons. The predicted octanol–water partition coefficient (Wildman–Crippen LogP) is 6.56. The van der Waals surface area contributed by atoms with Gasteiger partial charge in [0.2, 0.25) is 0 Å². The molecule has 0 saturated carbocycles. The average Bonchev–Trinajstić information content (AvgIpc) is 2.74. The van der Waals surface area contributed by atoms with Gasteiger partial charge in [0, 0.05) is 17.3 Å². The first-order valence-corrected chi connectivity index (χ1v) is 10.4. The Balaban J connectivity index is 1.70. The molecule has 0 atom stereocenters. The number of hydrogen-bond donors (Lipinski definition) is 0. The topological polar surface area (TPSA) is 38.8 Å². The lowest BCUT2D eigenvalue weighted by atomic mass is 9.88. The monoisotopic (exact) mass is 413 g/mol. The van der Waals surface area contributed by atoms with E-state index in [-0.39, 0.29) is 5.54 Å². The molecule has 0 bridgehead atoms. The maximum absolute atomic E-state index is 12.5. The highest BCUT2D eigenvalue weighted by Crippen LogP contribution is 2.47. The summed E-state index contributed by atoms with van der Waals surface area (Å²) in [6, 6.07) is 21.2. The summed E-state index contributed by atoms with van der Waals surface area (Å²) in [5.74, 6) is 0.697. The number of benzene rings is 3. The van der Waals surface area contributed by atoms with Crippen LogP contribution in [0.1, 0.15) is 42.3 Å². The smallest absolute Gasteiger partial charge is 0.343 e. The van der Waals surface area contributed by atoms with Crippen LogP contribution in [0.2, 0.25) is 0 Å². The SMILES string of the molecule is COc1cc(OC(=O)c2ccc(C)cc2)ccc1N1c2ccccc2C(C)=CC1(C)C. The van der Waals surface area contributed by atoms with Gasteiger partial charge in [-0.2, -0.15) is 0 Å². The zero-order chi connectivity index (χ0) is 22.2. The number of methoxy groups -OCH3 is 1. The van der Waals surface area contributed by atoms with Crippen molar-refractivity contribution < 1.29 is 14.3 Å². The fourth-order valence-corrected chi connectivity index (χ4v) is 4.19. The number of carbonyl (C=O) groups is 1. The number of allylic oxidation sites excluding steroid dienone is 1. The van der Waals surface area contributed by atoms with Crippen LogP contribution in [0.3, 0.4) is 0 Å². The Kier molecular flexibility index (Phi) is 5.32. The molecule has 31 heavy (non-hydrogen) atoms. The number of nitrogens with zero attached hydrogens (tertiary/aromatic N) is 1. The molecule has 1 heterocycles. The Labute approximate surface area is 183 Å². The number of ether oxygens (including phenoxy) is 2. The van der Waals surface area contributed by atoms with Gasteiger partial charge in [-0.05, 0) is 63.6 Å². The van der Waals surface area contributed by atoms with Crippen LogP contribution < -0.4 is 14.4 Å². The third-order valence-corrected chi connectivity index (χ3v) is 5.61. The molecule has 0 radical (unpaired) electrons. The zero-order valence-electron chi connectivity index (χ0n) is 18.6. The van der Waals surface area contributed by atoms with E-state index in [0.717, 1.165) is 16.9 Å². The summed E-state index contributed by atoms with van der Waals surface area (Å²) < 4.78 is 11.3. The lowest BCUT2D eigenvalue weighted by Gasteiger charge is -2.43. The molecule has 0 fully saturated rings. The van der Waals surface area contributed by atoms with Crippen molar-refractivity contribution in [3.8, 4) is 11.5 Å². The third kappa shape index (κ3) is 3.93. The summed E-state index contributed by atoms with van der Waals surface area (Å²) in [5.41, 5.74) is 5.83. The number of carbonyl (C=O) groups excluding carboxylic acids is 1. The molecular weight excluding hydrogens is 386 g/mol. The summed E-state index contributed by atoms with van der Waals surface area (Å²) in [4.78, 5) is 14.8. The maximum Gasteiger partial charge on any atom is 0.343 e. The Hall–Kier alpha value is -3.53. The summed E-state index contributed by atoms with van der Waals surface area (Å²) in [6.45, 7) is 8.48. The molecule has 0 amide bonds. The van der Waals surface area contributed by atoms with Crippen molar-refractivity contribution in [3.63, 3.8) is 0 Å². The highest BCUT2D eigenvalue weighted by atomic mass is 16.5. The Morgan fingerprint density at radius 2 is 1.61 bits per heavy atom. The van der Waals surface area contributed by atoms with Crippen LogP contribution in [-0.2, 0) is 0 Å². The fourth-order valence-electron chi connectivity index (χ4n) is 4.19. The third-order valence-electron chi connectivity index (χ3n) is 5.61. The lowest BCUT2D eigenvalue weighted by molar-refractivity contribution is 0.0734. The van der Waals surface area contributed by atoms with Gasteiger partial charge in [0.25, 0.3) is 0 Å². The molecule has 1 aliphatic heterocycles. The van der Waals surface area contributed by atoms with Crippen LogP contribution in [0.4, 0.5) is 11.4 Å².